The van der Waals surface area contributed by atoms with Gasteiger partial charge in [0.2, 0.25) is 0 Å². The average molecular weight is 344 g/mol. The summed E-state index contributed by atoms with van der Waals surface area (Å²) >= 11 is 0. The smallest absolute Gasteiger partial charge is 0.300 e. The van der Waals surface area contributed by atoms with Gasteiger partial charge in [-0.25, -0.2) is 0 Å². The molecule has 0 aliphatic rings. The third-order valence-electron chi connectivity index (χ3n) is 0.856. The summed E-state index contributed by atoms with van der Waals surface area (Å²) in [4.78, 5) is 36.0. The molecule has 0 rings (SSSR count). The van der Waals surface area contributed by atoms with Crippen molar-refractivity contribution in [2.45, 2.75) is 41.5 Å². The van der Waals surface area contributed by atoms with Gasteiger partial charge >= 0.3 is 0 Å². The van der Waals surface area contributed by atoms with Gasteiger partial charge in [0.15, 0.2) is 0 Å². The Labute approximate surface area is 135 Å². The minimum absolute atomic E-state index is 0.0451. The van der Waals surface area contributed by atoms with E-state index in [-0.39, 0.29) is 18.6 Å². The highest BCUT2D eigenvalue weighted by atomic mass is 16.4. The Morgan fingerprint density at radius 3 is 0.696 bits per heavy atom. The molecule has 0 spiro atoms. The normalized spacial score (nSPS) is 8.00. The van der Waals surface area contributed by atoms with Crippen LogP contribution in [-0.2, 0) is 19.2 Å². The number of aliphatic hydroxyl groups is 2. The van der Waals surface area contributed by atoms with Gasteiger partial charge in [0.1, 0.15) is 0 Å². The molecule has 0 bridgehead atoms. The molecule has 0 saturated carbocycles. The predicted molar refractivity (Wildman–Crippen MR) is 81.2 cm³/mol. The van der Waals surface area contributed by atoms with Gasteiger partial charge in [0, 0.05) is 33.1 Å². The molecule has 0 atom stereocenters. The maximum atomic E-state index is 9.00. The zero-order valence-corrected chi connectivity index (χ0v) is 14.2. The molecule has 0 radical (unpaired) electrons. The van der Waals surface area contributed by atoms with Crippen LogP contribution in [0, 0.1) is 5.41 Å². The molecule has 0 heterocycles. The van der Waals surface area contributed by atoms with Crippen molar-refractivity contribution in [2.75, 3.05) is 13.2 Å². The molecule has 0 fully saturated rings. The average Bonchev–Trinajstić information content (AvgIpc) is 2.26. The monoisotopic (exact) mass is 344 g/mol. The summed E-state index contributed by atoms with van der Waals surface area (Å²) in [5.41, 5.74) is -0.306. The third-order valence-corrected chi connectivity index (χ3v) is 0.856. The molecule has 10 heteroatoms. The fourth-order valence-electron chi connectivity index (χ4n) is 0.0500. The second-order valence-corrected chi connectivity index (χ2v) is 4.56. The molecule has 140 valence electrons. The van der Waals surface area contributed by atoms with Crippen molar-refractivity contribution < 1.29 is 49.8 Å². The lowest BCUT2D eigenvalue weighted by Crippen LogP contribution is -2.20. The van der Waals surface area contributed by atoms with Crippen LogP contribution in [0.25, 0.3) is 0 Å². The number of hydrogen-bond acceptors (Lipinski definition) is 6. The Hall–Kier alpha value is -2.20. The third kappa shape index (κ3) is 434. The number of aliphatic carboxylic acids is 4. The van der Waals surface area contributed by atoms with Crippen LogP contribution in [0.3, 0.4) is 0 Å². The molecule has 10 nitrogen and oxygen atoms in total. The van der Waals surface area contributed by atoms with E-state index in [0.29, 0.717) is 0 Å². The lowest BCUT2D eigenvalue weighted by Gasteiger charge is -2.16. The van der Waals surface area contributed by atoms with Crippen molar-refractivity contribution >= 4 is 23.9 Å². The Morgan fingerprint density at radius 2 is 0.696 bits per heavy atom. The fourth-order valence-corrected chi connectivity index (χ4v) is 0.0500. The second-order valence-electron chi connectivity index (χ2n) is 4.56. The molecule has 0 amide bonds. The molecule has 0 saturated heterocycles. The summed E-state index contributed by atoms with van der Waals surface area (Å²) in [6.45, 7) is 8.02. The van der Waals surface area contributed by atoms with Gasteiger partial charge in [-0.15, -0.1) is 0 Å². The van der Waals surface area contributed by atoms with Crippen LogP contribution < -0.4 is 0 Å². The molecule has 0 unspecified atom stereocenters. The van der Waals surface area contributed by atoms with E-state index in [0.717, 1.165) is 27.7 Å². The summed E-state index contributed by atoms with van der Waals surface area (Å²) in [5, 5.41) is 46.5. The van der Waals surface area contributed by atoms with E-state index in [1.807, 2.05) is 0 Å². The van der Waals surface area contributed by atoms with Gasteiger partial charge in [0.05, 0.1) is 13.2 Å². The molecule has 0 aliphatic carbocycles. The minimum Gasteiger partial charge on any atom is -0.481 e. The summed E-state index contributed by atoms with van der Waals surface area (Å²) in [5.74, 6) is -3.33. The standard InChI is InChI=1S/C5H12O2.4C2H4O2/c1-5(2,3-6)4-7;4*1-2(3)4/h6-7H,3-4H2,1-2H3;4*1H3,(H,3,4). The van der Waals surface area contributed by atoms with Gasteiger partial charge in [-0.2, -0.15) is 0 Å². The number of rotatable bonds is 2. The highest BCUT2D eigenvalue weighted by Crippen LogP contribution is 2.10. The van der Waals surface area contributed by atoms with Crippen molar-refractivity contribution in [2.24, 2.45) is 5.41 Å². The van der Waals surface area contributed by atoms with Crippen LogP contribution in [0.2, 0.25) is 0 Å². The van der Waals surface area contributed by atoms with Crippen molar-refractivity contribution in [3.63, 3.8) is 0 Å². The zero-order valence-electron chi connectivity index (χ0n) is 14.2. The van der Waals surface area contributed by atoms with Crippen molar-refractivity contribution in [3.8, 4) is 0 Å². The largest absolute Gasteiger partial charge is 0.481 e. The Bertz CT molecular complexity index is 253. The topological polar surface area (TPSA) is 190 Å². The molecule has 6 N–H and O–H groups in total. The highest BCUT2D eigenvalue weighted by molar-refractivity contribution is 5.63. The predicted octanol–water partition coefficient (Wildman–Crippen LogP) is 0.361. The van der Waals surface area contributed by atoms with Crippen molar-refractivity contribution in [3.05, 3.63) is 0 Å². The van der Waals surface area contributed by atoms with E-state index in [2.05, 4.69) is 0 Å². The van der Waals surface area contributed by atoms with Gasteiger partial charge in [0.25, 0.3) is 23.9 Å². The number of aliphatic hydroxyl groups excluding tert-OH is 2. The molecule has 0 aromatic rings. The van der Waals surface area contributed by atoms with Gasteiger partial charge in [-0.05, 0) is 0 Å². The first-order chi connectivity index (χ1) is 10.0. The quantitative estimate of drug-likeness (QED) is 0.407. The van der Waals surface area contributed by atoms with Gasteiger partial charge in [-0.3, -0.25) is 19.2 Å². The Morgan fingerprint density at radius 1 is 0.609 bits per heavy atom. The summed E-state index contributed by atoms with van der Waals surface area (Å²) in [6, 6.07) is 0. The number of carbonyl (C=O) groups is 4. The SMILES string of the molecule is CC(=O)O.CC(=O)O.CC(=O)O.CC(=O)O.CC(C)(CO)CO. The second kappa shape index (κ2) is 22.1. The van der Waals surface area contributed by atoms with Crippen LogP contribution in [0.1, 0.15) is 41.5 Å². The molecule has 0 aliphatic heterocycles. The van der Waals surface area contributed by atoms with Crippen molar-refractivity contribution in [1.29, 1.82) is 0 Å². The van der Waals surface area contributed by atoms with E-state index >= 15 is 0 Å². The molecule has 0 aromatic heterocycles. The van der Waals surface area contributed by atoms with Gasteiger partial charge in [-0.1, -0.05) is 13.8 Å². The number of carboxylic acid groups (broad SMARTS) is 4. The lowest BCUT2D eigenvalue weighted by atomic mass is 9.97. The zero-order chi connectivity index (χ0) is 20.2. The van der Waals surface area contributed by atoms with E-state index in [1.54, 1.807) is 13.8 Å². The molecular weight excluding hydrogens is 316 g/mol. The minimum atomic E-state index is -0.833. The van der Waals surface area contributed by atoms with Crippen LogP contribution in [0.15, 0.2) is 0 Å². The summed E-state index contributed by atoms with van der Waals surface area (Å²) in [6.07, 6.45) is 0. The van der Waals surface area contributed by atoms with E-state index in [1.165, 1.54) is 0 Å². The first-order valence-electron chi connectivity index (χ1n) is 6.05. The Kier molecular flexibility index (Phi) is 31.4. The molecule has 23 heavy (non-hydrogen) atoms. The van der Waals surface area contributed by atoms with Gasteiger partial charge < -0.3 is 30.6 Å². The molecule has 0 aromatic carbocycles. The first kappa shape index (κ1) is 32.7. The maximum absolute atomic E-state index is 9.00. The van der Waals surface area contributed by atoms with E-state index < -0.39 is 23.9 Å². The van der Waals surface area contributed by atoms with E-state index in [4.69, 9.17) is 49.8 Å². The summed E-state index contributed by atoms with van der Waals surface area (Å²) < 4.78 is 0. The fraction of sp³-hybridized carbons (Fsp3) is 0.692. The molecular formula is C13H28O10. The Balaban J connectivity index is -0.0000000604. The first-order valence-corrected chi connectivity index (χ1v) is 6.05. The van der Waals surface area contributed by atoms with Crippen LogP contribution >= 0.6 is 0 Å². The highest BCUT2D eigenvalue weighted by Gasteiger charge is 2.13. The lowest BCUT2D eigenvalue weighted by molar-refractivity contribution is -0.135. The van der Waals surface area contributed by atoms with Crippen LogP contribution in [-0.4, -0.2) is 67.7 Å². The van der Waals surface area contributed by atoms with Crippen LogP contribution in [0.4, 0.5) is 0 Å². The number of carboxylic acids is 4. The van der Waals surface area contributed by atoms with E-state index in [9.17, 15) is 0 Å². The summed E-state index contributed by atoms with van der Waals surface area (Å²) in [7, 11) is 0. The van der Waals surface area contributed by atoms with Crippen LogP contribution in [0.5, 0.6) is 0 Å². The van der Waals surface area contributed by atoms with Crippen molar-refractivity contribution in [1.82, 2.24) is 0 Å². The maximum Gasteiger partial charge on any atom is 0.300 e. The number of hydrogen-bond donors (Lipinski definition) is 6.